The number of primary sulfonamides is 1. The molecule has 0 aliphatic heterocycles. The number of benzene rings is 1. The topological polar surface area (TPSA) is 98.2 Å². The van der Waals surface area contributed by atoms with Gasteiger partial charge in [-0.15, -0.1) is 0 Å². The van der Waals surface area contributed by atoms with Crippen molar-refractivity contribution < 1.29 is 8.42 Å². The molecule has 0 saturated heterocycles. The van der Waals surface area contributed by atoms with E-state index in [1.54, 1.807) is 12.1 Å². The lowest BCUT2D eigenvalue weighted by Gasteiger charge is -2.12. The van der Waals surface area contributed by atoms with Gasteiger partial charge >= 0.3 is 0 Å². The first kappa shape index (κ1) is 12.2. The maximum atomic E-state index is 11.5. The van der Waals surface area contributed by atoms with E-state index in [1.165, 1.54) is 6.07 Å². The van der Waals surface area contributed by atoms with Gasteiger partial charge in [0.15, 0.2) is 0 Å². The van der Waals surface area contributed by atoms with Crippen LogP contribution in [0.4, 0.5) is 11.4 Å². The van der Waals surface area contributed by atoms with Crippen molar-refractivity contribution in [2.24, 2.45) is 10.6 Å². The van der Waals surface area contributed by atoms with E-state index in [-0.39, 0.29) is 16.4 Å². The Labute approximate surface area is 101 Å². The minimum atomic E-state index is -3.75. The Hall–Kier alpha value is -1.27. The molecule has 94 valence electrons. The number of nitrogens with one attached hydrogen (secondary N) is 1. The summed E-state index contributed by atoms with van der Waals surface area (Å²) in [6.07, 6.45) is 1.02. The molecule has 1 aromatic rings. The summed E-state index contributed by atoms with van der Waals surface area (Å²) < 4.78 is 22.9. The molecule has 0 amide bonds. The molecule has 1 unspecified atom stereocenters. The van der Waals surface area contributed by atoms with Crippen molar-refractivity contribution in [3.63, 3.8) is 0 Å². The second kappa shape index (κ2) is 3.61. The highest BCUT2D eigenvalue weighted by Gasteiger charge is 2.46. The highest BCUT2D eigenvalue weighted by atomic mass is 32.2. The molecule has 6 heteroatoms. The SMILES string of the molecule is CC1(C)CC1Nc1ccc(N)cc1S(N)(=O)=O. The number of sulfonamides is 1. The van der Waals surface area contributed by atoms with Crippen LogP contribution in [-0.4, -0.2) is 14.5 Å². The van der Waals surface area contributed by atoms with Crippen LogP contribution in [0.3, 0.4) is 0 Å². The third kappa shape index (κ3) is 2.53. The Kier molecular flexibility index (Phi) is 2.59. The molecule has 0 heterocycles. The average molecular weight is 255 g/mol. The lowest BCUT2D eigenvalue weighted by molar-refractivity contribution is 0.597. The fraction of sp³-hybridized carbons (Fsp3) is 0.455. The zero-order chi connectivity index (χ0) is 12.8. The van der Waals surface area contributed by atoms with Crippen LogP contribution < -0.4 is 16.2 Å². The van der Waals surface area contributed by atoms with Gasteiger partial charge in [0.05, 0.1) is 5.69 Å². The smallest absolute Gasteiger partial charge is 0.240 e. The Morgan fingerprint density at radius 2 is 2.00 bits per heavy atom. The molecule has 5 N–H and O–H groups in total. The van der Waals surface area contributed by atoms with Crippen molar-refractivity contribution in [2.75, 3.05) is 11.1 Å². The van der Waals surface area contributed by atoms with Crippen LogP contribution in [0.1, 0.15) is 20.3 Å². The fourth-order valence-corrected chi connectivity index (χ4v) is 2.53. The summed E-state index contributed by atoms with van der Waals surface area (Å²) in [5.74, 6) is 0. The van der Waals surface area contributed by atoms with Crippen LogP contribution in [-0.2, 0) is 10.0 Å². The molecule has 17 heavy (non-hydrogen) atoms. The molecular formula is C11H17N3O2S. The van der Waals surface area contributed by atoms with E-state index in [0.717, 1.165) is 6.42 Å². The minimum Gasteiger partial charge on any atom is -0.399 e. The van der Waals surface area contributed by atoms with Gasteiger partial charge < -0.3 is 11.1 Å². The van der Waals surface area contributed by atoms with Crippen LogP contribution >= 0.6 is 0 Å². The van der Waals surface area contributed by atoms with Crippen molar-refractivity contribution in [3.8, 4) is 0 Å². The Bertz CT molecular complexity index is 552. The van der Waals surface area contributed by atoms with Gasteiger partial charge in [-0.05, 0) is 30.0 Å². The Morgan fingerprint density at radius 1 is 1.41 bits per heavy atom. The van der Waals surface area contributed by atoms with Crippen LogP contribution in [0.5, 0.6) is 0 Å². The van der Waals surface area contributed by atoms with E-state index in [0.29, 0.717) is 11.4 Å². The first-order chi connectivity index (χ1) is 7.70. The molecule has 1 saturated carbocycles. The number of hydrogen-bond acceptors (Lipinski definition) is 4. The Morgan fingerprint density at radius 3 is 2.47 bits per heavy atom. The predicted octanol–water partition coefficient (Wildman–Crippen LogP) is 1.13. The van der Waals surface area contributed by atoms with Gasteiger partial charge in [0.25, 0.3) is 0 Å². The number of rotatable bonds is 3. The van der Waals surface area contributed by atoms with Crippen LogP contribution in [0, 0.1) is 5.41 Å². The quantitative estimate of drug-likeness (QED) is 0.705. The average Bonchev–Trinajstić information content (AvgIpc) is 2.75. The molecule has 1 atom stereocenters. The summed E-state index contributed by atoms with van der Waals surface area (Å²) in [7, 11) is -3.75. The van der Waals surface area contributed by atoms with E-state index >= 15 is 0 Å². The standard InChI is InChI=1S/C11H17N3O2S/c1-11(2)6-10(11)14-8-4-3-7(12)5-9(8)17(13,15)16/h3-5,10,14H,6,12H2,1-2H3,(H2,13,15,16). The molecule has 1 aliphatic rings. The molecule has 0 bridgehead atoms. The predicted molar refractivity (Wildman–Crippen MR) is 68.0 cm³/mol. The van der Waals surface area contributed by atoms with Gasteiger partial charge in [-0.1, -0.05) is 13.8 Å². The number of anilines is 2. The molecule has 0 radical (unpaired) electrons. The fourth-order valence-electron chi connectivity index (χ4n) is 1.79. The second-order valence-corrected chi connectivity index (χ2v) is 6.72. The zero-order valence-electron chi connectivity index (χ0n) is 9.90. The molecule has 1 aromatic carbocycles. The number of hydrogen-bond donors (Lipinski definition) is 3. The van der Waals surface area contributed by atoms with Gasteiger partial charge in [0, 0.05) is 11.7 Å². The van der Waals surface area contributed by atoms with Gasteiger partial charge in [0.1, 0.15) is 4.90 Å². The van der Waals surface area contributed by atoms with E-state index in [2.05, 4.69) is 19.2 Å². The second-order valence-electron chi connectivity index (χ2n) is 5.19. The maximum Gasteiger partial charge on any atom is 0.240 e. The summed E-state index contributed by atoms with van der Waals surface area (Å²) in [5, 5.41) is 8.36. The molecule has 1 aliphatic carbocycles. The highest BCUT2D eigenvalue weighted by Crippen LogP contribution is 2.47. The molecular weight excluding hydrogens is 238 g/mol. The lowest BCUT2D eigenvalue weighted by Crippen LogP contribution is -2.17. The van der Waals surface area contributed by atoms with Gasteiger partial charge in [0.2, 0.25) is 10.0 Å². The highest BCUT2D eigenvalue weighted by molar-refractivity contribution is 7.89. The van der Waals surface area contributed by atoms with E-state index in [9.17, 15) is 8.42 Å². The molecule has 2 rings (SSSR count). The zero-order valence-corrected chi connectivity index (χ0v) is 10.7. The van der Waals surface area contributed by atoms with E-state index in [4.69, 9.17) is 10.9 Å². The number of nitrogen functional groups attached to an aromatic ring is 1. The lowest BCUT2D eigenvalue weighted by atomic mass is 10.2. The van der Waals surface area contributed by atoms with Crippen molar-refractivity contribution in [1.29, 1.82) is 0 Å². The third-order valence-corrected chi connectivity index (χ3v) is 4.11. The molecule has 0 aromatic heterocycles. The summed E-state index contributed by atoms with van der Waals surface area (Å²) in [4.78, 5) is 0.0557. The van der Waals surface area contributed by atoms with Gasteiger partial charge in [-0.3, -0.25) is 0 Å². The Balaban J connectivity index is 2.34. The van der Waals surface area contributed by atoms with Crippen LogP contribution in [0.25, 0.3) is 0 Å². The van der Waals surface area contributed by atoms with E-state index in [1.807, 2.05) is 0 Å². The van der Waals surface area contributed by atoms with Crippen molar-refractivity contribution in [1.82, 2.24) is 0 Å². The van der Waals surface area contributed by atoms with Crippen molar-refractivity contribution in [2.45, 2.75) is 31.2 Å². The first-order valence-electron chi connectivity index (χ1n) is 5.39. The normalized spacial score (nSPS) is 22.2. The molecule has 5 nitrogen and oxygen atoms in total. The van der Waals surface area contributed by atoms with Crippen molar-refractivity contribution in [3.05, 3.63) is 18.2 Å². The van der Waals surface area contributed by atoms with Crippen LogP contribution in [0.2, 0.25) is 0 Å². The molecule has 1 fully saturated rings. The summed E-state index contributed by atoms with van der Waals surface area (Å²) >= 11 is 0. The summed E-state index contributed by atoms with van der Waals surface area (Å²) in [6.45, 7) is 4.25. The van der Waals surface area contributed by atoms with Gasteiger partial charge in [-0.25, -0.2) is 13.6 Å². The summed E-state index contributed by atoms with van der Waals surface area (Å²) in [6, 6.07) is 4.98. The maximum absolute atomic E-state index is 11.5. The van der Waals surface area contributed by atoms with Gasteiger partial charge in [-0.2, -0.15) is 0 Å². The van der Waals surface area contributed by atoms with E-state index < -0.39 is 10.0 Å². The van der Waals surface area contributed by atoms with Crippen molar-refractivity contribution >= 4 is 21.4 Å². The monoisotopic (exact) mass is 255 g/mol. The number of nitrogens with two attached hydrogens (primary N) is 2. The van der Waals surface area contributed by atoms with Crippen LogP contribution in [0.15, 0.2) is 23.1 Å². The molecule has 0 spiro atoms. The third-order valence-electron chi connectivity index (χ3n) is 3.16. The largest absolute Gasteiger partial charge is 0.399 e. The summed E-state index contributed by atoms with van der Waals surface area (Å²) in [5.41, 5.74) is 6.69. The minimum absolute atomic E-state index is 0.0557. The first-order valence-corrected chi connectivity index (χ1v) is 6.94.